The summed E-state index contributed by atoms with van der Waals surface area (Å²) in [6.07, 6.45) is 0. The first kappa shape index (κ1) is 16.5. The van der Waals surface area contributed by atoms with E-state index in [2.05, 4.69) is 53.4 Å². The van der Waals surface area contributed by atoms with Crippen LogP contribution in [0.3, 0.4) is 0 Å². The quantitative estimate of drug-likeness (QED) is 0.517. The lowest BCUT2D eigenvalue weighted by atomic mass is 10.2. The summed E-state index contributed by atoms with van der Waals surface area (Å²) in [5.74, 6) is 1.81. The SMILES string of the molecule is c1ccc(CSc2nc(CN3CCOCC3)nc3ccccc23)cc1. The van der Waals surface area contributed by atoms with Crippen LogP contribution in [-0.2, 0) is 17.0 Å². The van der Waals surface area contributed by atoms with Crippen LogP contribution in [0.1, 0.15) is 11.4 Å². The van der Waals surface area contributed by atoms with Gasteiger partial charge >= 0.3 is 0 Å². The zero-order valence-electron chi connectivity index (χ0n) is 14.1. The van der Waals surface area contributed by atoms with Crippen molar-refractivity contribution < 1.29 is 4.74 Å². The number of thioether (sulfide) groups is 1. The van der Waals surface area contributed by atoms with Gasteiger partial charge < -0.3 is 4.74 Å². The maximum atomic E-state index is 5.43. The average Bonchev–Trinajstić information content (AvgIpc) is 2.68. The number of ether oxygens (including phenoxy) is 1. The predicted molar refractivity (Wildman–Crippen MR) is 102 cm³/mol. The van der Waals surface area contributed by atoms with Crippen LogP contribution in [0.15, 0.2) is 59.6 Å². The molecule has 0 atom stereocenters. The van der Waals surface area contributed by atoms with Crippen molar-refractivity contribution in [3.8, 4) is 0 Å². The van der Waals surface area contributed by atoms with E-state index < -0.39 is 0 Å². The summed E-state index contributed by atoms with van der Waals surface area (Å²) in [5.41, 5.74) is 2.33. The second-order valence-corrected chi connectivity index (χ2v) is 7.09. The van der Waals surface area contributed by atoms with Crippen molar-refractivity contribution in [3.05, 3.63) is 66.0 Å². The molecule has 2 heterocycles. The molecular formula is C20H21N3OS. The Morgan fingerprint density at radius 3 is 2.52 bits per heavy atom. The molecule has 0 saturated carbocycles. The van der Waals surface area contributed by atoms with E-state index in [0.717, 1.165) is 60.4 Å². The maximum absolute atomic E-state index is 5.43. The van der Waals surface area contributed by atoms with E-state index >= 15 is 0 Å². The molecule has 0 aliphatic carbocycles. The van der Waals surface area contributed by atoms with Gasteiger partial charge in [0.05, 0.1) is 25.3 Å². The van der Waals surface area contributed by atoms with E-state index in [-0.39, 0.29) is 0 Å². The summed E-state index contributed by atoms with van der Waals surface area (Å²) in [7, 11) is 0. The first-order valence-electron chi connectivity index (χ1n) is 8.61. The molecule has 128 valence electrons. The van der Waals surface area contributed by atoms with Gasteiger partial charge in [0.1, 0.15) is 10.9 Å². The number of para-hydroxylation sites is 1. The molecule has 1 saturated heterocycles. The molecule has 4 nitrogen and oxygen atoms in total. The van der Waals surface area contributed by atoms with Crippen molar-refractivity contribution >= 4 is 22.7 Å². The van der Waals surface area contributed by atoms with Gasteiger partial charge in [-0.2, -0.15) is 0 Å². The van der Waals surface area contributed by atoms with E-state index in [4.69, 9.17) is 14.7 Å². The van der Waals surface area contributed by atoms with E-state index in [1.807, 2.05) is 6.07 Å². The molecule has 0 radical (unpaired) electrons. The lowest BCUT2D eigenvalue weighted by Gasteiger charge is -2.25. The second kappa shape index (κ2) is 7.95. The van der Waals surface area contributed by atoms with Crippen LogP contribution >= 0.6 is 11.8 Å². The molecule has 1 aliphatic rings. The summed E-state index contributed by atoms with van der Waals surface area (Å²) >= 11 is 1.78. The molecule has 5 heteroatoms. The number of hydrogen-bond donors (Lipinski definition) is 0. The van der Waals surface area contributed by atoms with E-state index in [1.165, 1.54) is 5.56 Å². The Morgan fingerprint density at radius 1 is 0.920 bits per heavy atom. The third-order valence-corrected chi connectivity index (χ3v) is 5.36. The summed E-state index contributed by atoms with van der Waals surface area (Å²) in [5, 5.41) is 2.20. The monoisotopic (exact) mass is 351 g/mol. The molecule has 4 rings (SSSR count). The van der Waals surface area contributed by atoms with Crippen molar-refractivity contribution in [3.63, 3.8) is 0 Å². The van der Waals surface area contributed by atoms with Crippen LogP contribution in [-0.4, -0.2) is 41.2 Å². The number of benzene rings is 2. The van der Waals surface area contributed by atoms with Gasteiger partial charge in [0.25, 0.3) is 0 Å². The standard InChI is InChI=1S/C20H21N3OS/c1-2-6-16(7-3-1)15-25-20-17-8-4-5-9-18(17)21-19(22-20)14-23-10-12-24-13-11-23/h1-9H,10-15H2. The summed E-state index contributed by atoms with van der Waals surface area (Å²) < 4.78 is 5.43. The summed E-state index contributed by atoms with van der Waals surface area (Å²) in [6.45, 7) is 4.27. The number of morpholine rings is 1. The van der Waals surface area contributed by atoms with Crippen molar-refractivity contribution in [1.29, 1.82) is 0 Å². The Balaban J connectivity index is 1.59. The molecule has 2 aromatic carbocycles. The predicted octanol–water partition coefficient (Wildman–Crippen LogP) is 3.75. The molecule has 0 bridgehead atoms. The Hall–Kier alpha value is -1.95. The molecule has 0 N–H and O–H groups in total. The van der Waals surface area contributed by atoms with Crippen molar-refractivity contribution in [2.24, 2.45) is 0 Å². The highest BCUT2D eigenvalue weighted by molar-refractivity contribution is 7.98. The molecule has 1 aliphatic heterocycles. The van der Waals surface area contributed by atoms with Gasteiger partial charge in [-0.25, -0.2) is 9.97 Å². The van der Waals surface area contributed by atoms with Gasteiger partial charge in [0.15, 0.2) is 0 Å². The van der Waals surface area contributed by atoms with Crippen molar-refractivity contribution in [2.45, 2.75) is 17.3 Å². The molecule has 3 aromatic rings. The minimum atomic E-state index is 0.785. The van der Waals surface area contributed by atoms with Gasteiger partial charge in [-0.3, -0.25) is 4.90 Å². The maximum Gasteiger partial charge on any atom is 0.144 e. The lowest BCUT2D eigenvalue weighted by Crippen LogP contribution is -2.36. The Morgan fingerprint density at radius 2 is 1.68 bits per heavy atom. The normalized spacial score (nSPS) is 15.5. The zero-order valence-corrected chi connectivity index (χ0v) is 14.9. The average molecular weight is 351 g/mol. The van der Waals surface area contributed by atoms with E-state index in [0.29, 0.717) is 0 Å². The zero-order chi connectivity index (χ0) is 16.9. The fourth-order valence-corrected chi connectivity index (χ4v) is 3.95. The Labute approximate surface area is 152 Å². The van der Waals surface area contributed by atoms with E-state index in [1.54, 1.807) is 11.8 Å². The summed E-state index contributed by atoms with van der Waals surface area (Å²) in [4.78, 5) is 12.0. The largest absolute Gasteiger partial charge is 0.379 e. The third-order valence-electron chi connectivity index (χ3n) is 4.30. The van der Waals surface area contributed by atoms with Crippen LogP contribution in [0.2, 0.25) is 0 Å². The molecule has 0 spiro atoms. The number of fused-ring (bicyclic) bond motifs is 1. The molecule has 0 amide bonds. The highest BCUT2D eigenvalue weighted by Crippen LogP contribution is 2.28. The number of nitrogens with zero attached hydrogens (tertiary/aromatic N) is 3. The van der Waals surface area contributed by atoms with Crippen molar-refractivity contribution in [1.82, 2.24) is 14.9 Å². The topological polar surface area (TPSA) is 38.2 Å². The fraction of sp³-hybridized carbons (Fsp3) is 0.300. The minimum Gasteiger partial charge on any atom is -0.379 e. The smallest absolute Gasteiger partial charge is 0.144 e. The molecule has 1 fully saturated rings. The number of aromatic nitrogens is 2. The van der Waals surface area contributed by atoms with Gasteiger partial charge in [-0.15, -0.1) is 11.8 Å². The second-order valence-electron chi connectivity index (χ2n) is 6.12. The molecule has 25 heavy (non-hydrogen) atoms. The summed E-state index contributed by atoms with van der Waals surface area (Å²) in [6, 6.07) is 18.8. The van der Waals surface area contributed by atoms with Gasteiger partial charge in [0, 0.05) is 24.2 Å². The molecule has 1 aromatic heterocycles. The van der Waals surface area contributed by atoms with Gasteiger partial charge in [0.2, 0.25) is 0 Å². The number of rotatable bonds is 5. The Kier molecular flexibility index (Phi) is 5.25. The van der Waals surface area contributed by atoms with Gasteiger partial charge in [-0.1, -0.05) is 48.5 Å². The van der Waals surface area contributed by atoms with Crippen LogP contribution in [0.25, 0.3) is 10.9 Å². The third kappa shape index (κ3) is 4.18. The van der Waals surface area contributed by atoms with Crippen LogP contribution in [0.4, 0.5) is 0 Å². The van der Waals surface area contributed by atoms with Crippen LogP contribution < -0.4 is 0 Å². The molecular weight excluding hydrogens is 330 g/mol. The first-order chi connectivity index (χ1) is 12.4. The number of hydrogen-bond acceptors (Lipinski definition) is 5. The van der Waals surface area contributed by atoms with Gasteiger partial charge in [-0.05, 0) is 11.6 Å². The van der Waals surface area contributed by atoms with Crippen LogP contribution in [0, 0.1) is 0 Å². The van der Waals surface area contributed by atoms with Crippen molar-refractivity contribution in [2.75, 3.05) is 26.3 Å². The fourth-order valence-electron chi connectivity index (χ4n) is 2.96. The van der Waals surface area contributed by atoms with E-state index in [9.17, 15) is 0 Å². The highest BCUT2D eigenvalue weighted by Gasteiger charge is 2.14. The first-order valence-corrected chi connectivity index (χ1v) is 9.59. The minimum absolute atomic E-state index is 0.785. The lowest BCUT2D eigenvalue weighted by molar-refractivity contribution is 0.0330. The molecule has 0 unspecified atom stereocenters. The Bertz CT molecular complexity index is 835. The highest BCUT2D eigenvalue weighted by atomic mass is 32.2. The van der Waals surface area contributed by atoms with Crippen LogP contribution in [0.5, 0.6) is 0 Å².